The van der Waals surface area contributed by atoms with E-state index in [2.05, 4.69) is 41.5 Å². The SMILES string of the molecule is Brc1cccn2nc(NCCCN3CCNCC3)nc12. The van der Waals surface area contributed by atoms with Gasteiger partial charge < -0.3 is 15.5 Å². The number of fused-ring (bicyclic) bond motifs is 1. The van der Waals surface area contributed by atoms with E-state index in [0.717, 1.165) is 55.8 Å². The topological polar surface area (TPSA) is 57.5 Å². The van der Waals surface area contributed by atoms with Crippen molar-refractivity contribution >= 4 is 27.5 Å². The van der Waals surface area contributed by atoms with Crippen molar-refractivity contribution in [1.82, 2.24) is 24.8 Å². The Morgan fingerprint density at radius 1 is 1.35 bits per heavy atom. The van der Waals surface area contributed by atoms with Gasteiger partial charge in [-0.2, -0.15) is 4.98 Å². The van der Waals surface area contributed by atoms with Crippen LogP contribution >= 0.6 is 15.9 Å². The molecule has 2 N–H and O–H groups in total. The van der Waals surface area contributed by atoms with Crippen LogP contribution in [0.15, 0.2) is 22.8 Å². The van der Waals surface area contributed by atoms with Crippen LogP contribution in [0.1, 0.15) is 6.42 Å². The number of pyridine rings is 1. The highest BCUT2D eigenvalue weighted by atomic mass is 79.9. The van der Waals surface area contributed by atoms with Crippen LogP contribution < -0.4 is 10.6 Å². The third kappa shape index (κ3) is 3.28. The molecular weight excluding hydrogens is 320 g/mol. The number of nitrogens with one attached hydrogen (secondary N) is 2. The van der Waals surface area contributed by atoms with Crippen LogP contribution in [-0.4, -0.2) is 58.8 Å². The second kappa shape index (κ2) is 6.51. The zero-order valence-corrected chi connectivity index (χ0v) is 12.9. The van der Waals surface area contributed by atoms with Crippen LogP contribution in [0, 0.1) is 0 Å². The number of rotatable bonds is 5. The molecule has 20 heavy (non-hydrogen) atoms. The lowest BCUT2D eigenvalue weighted by atomic mass is 10.3. The van der Waals surface area contributed by atoms with Crippen molar-refractivity contribution in [3.8, 4) is 0 Å². The van der Waals surface area contributed by atoms with E-state index in [0.29, 0.717) is 5.95 Å². The molecule has 1 fully saturated rings. The lowest BCUT2D eigenvalue weighted by molar-refractivity contribution is 0.240. The molecule has 2 aromatic rings. The summed E-state index contributed by atoms with van der Waals surface area (Å²) >= 11 is 3.48. The van der Waals surface area contributed by atoms with Gasteiger partial charge in [-0.15, -0.1) is 5.10 Å². The van der Waals surface area contributed by atoms with Crippen LogP contribution in [0.4, 0.5) is 5.95 Å². The molecule has 0 unspecified atom stereocenters. The molecule has 0 radical (unpaired) electrons. The van der Waals surface area contributed by atoms with Gasteiger partial charge in [0.05, 0.1) is 4.47 Å². The van der Waals surface area contributed by atoms with Crippen LogP contribution in [0.5, 0.6) is 0 Å². The number of aromatic nitrogens is 3. The average Bonchev–Trinajstić information content (AvgIpc) is 2.89. The van der Waals surface area contributed by atoms with Gasteiger partial charge in [-0.3, -0.25) is 0 Å². The van der Waals surface area contributed by atoms with Crippen molar-refractivity contribution in [3.63, 3.8) is 0 Å². The minimum Gasteiger partial charge on any atom is -0.353 e. The second-order valence-corrected chi connectivity index (χ2v) is 5.79. The average molecular weight is 339 g/mol. The Bertz CT molecular complexity index is 563. The van der Waals surface area contributed by atoms with Crippen LogP contribution in [0.3, 0.4) is 0 Å². The molecule has 1 aliphatic heterocycles. The molecule has 3 heterocycles. The first kappa shape index (κ1) is 13.8. The summed E-state index contributed by atoms with van der Waals surface area (Å²) in [7, 11) is 0. The van der Waals surface area contributed by atoms with Crippen molar-refractivity contribution in [2.24, 2.45) is 0 Å². The highest BCUT2D eigenvalue weighted by Gasteiger charge is 2.09. The maximum atomic E-state index is 4.47. The summed E-state index contributed by atoms with van der Waals surface area (Å²) < 4.78 is 2.74. The number of anilines is 1. The van der Waals surface area contributed by atoms with E-state index in [4.69, 9.17) is 0 Å². The van der Waals surface area contributed by atoms with Crippen molar-refractivity contribution in [2.45, 2.75) is 6.42 Å². The summed E-state index contributed by atoms with van der Waals surface area (Å²) in [5.41, 5.74) is 0.845. The molecule has 1 aliphatic rings. The Kier molecular flexibility index (Phi) is 4.49. The molecule has 0 atom stereocenters. The van der Waals surface area contributed by atoms with Gasteiger partial charge >= 0.3 is 0 Å². The van der Waals surface area contributed by atoms with E-state index in [-0.39, 0.29) is 0 Å². The zero-order valence-electron chi connectivity index (χ0n) is 11.3. The van der Waals surface area contributed by atoms with Crippen LogP contribution in [0.25, 0.3) is 5.65 Å². The number of halogens is 1. The zero-order chi connectivity index (χ0) is 13.8. The molecule has 0 saturated carbocycles. The van der Waals surface area contributed by atoms with E-state index >= 15 is 0 Å². The van der Waals surface area contributed by atoms with Crippen LogP contribution in [-0.2, 0) is 0 Å². The van der Waals surface area contributed by atoms with E-state index in [1.54, 1.807) is 4.52 Å². The first-order chi connectivity index (χ1) is 9.83. The Morgan fingerprint density at radius 2 is 2.20 bits per heavy atom. The molecule has 7 heteroatoms. The van der Waals surface area contributed by atoms with Gasteiger partial charge in [0.15, 0.2) is 5.65 Å². The van der Waals surface area contributed by atoms with Gasteiger partial charge in [-0.1, -0.05) is 0 Å². The van der Waals surface area contributed by atoms with Crippen molar-refractivity contribution in [1.29, 1.82) is 0 Å². The Labute approximate surface area is 126 Å². The third-order valence-electron chi connectivity index (χ3n) is 3.46. The minimum absolute atomic E-state index is 0.692. The molecule has 1 saturated heterocycles. The Balaban J connectivity index is 1.48. The fourth-order valence-electron chi connectivity index (χ4n) is 2.39. The van der Waals surface area contributed by atoms with E-state index in [1.807, 2.05) is 18.3 Å². The Hall–Kier alpha value is -1.18. The molecule has 108 valence electrons. The van der Waals surface area contributed by atoms with E-state index in [9.17, 15) is 0 Å². The highest BCUT2D eigenvalue weighted by Crippen LogP contribution is 2.16. The van der Waals surface area contributed by atoms with E-state index < -0.39 is 0 Å². The molecule has 3 rings (SSSR count). The predicted molar refractivity (Wildman–Crippen MR) is 83.1 cm³/mol. The summed E-state index contributed by atoms with van der Waals surface area (Å²) in [6.45, 7) is 6.55. The molecule has 0 amide bonds. The lowest BCUT2D eigenvalue weighted by Gasteiger charge is -2.26. The van der Waals surface area contributed by atoms with Crippen molar-refractivity contribution in [3.05, 3.63) is 22.8 Å². The summed E-state index contributed by atoms with van der Waals surface area (Å²) in [5, 5.41) is 11.1. The lowest BCUT2D eigenvalue weighted by Crippen LogP contribution is -2.44. The van der Waals surface area contributed by atoms with Gasteiger partial charge in [0.2, 0.25) is 5.95 Å². The largest absolute Gasteiger partial charge is 0.353 e. The highest BCUT2D eigenvalue weighted by molar-refractivity contribution is 9.10. The first-order valence-electron chi connectivity index (χ1n) is 7.01. The van der Waals surface area contributed by atoms with Gasteiger partial charge in [0.25, 0.3) is 0 Å². The van der Waals surface area contributed by atoms with Gasteiger partial charge in [0, 0.05) is 38.9 Å². The second-order valence-electron chi connectivity index (χ2n) is 4.93. The minimum atomic E-state index is 0.692. The number of hydrogen-bond donors (Lipinski definition) is 2. The maximum absolute atomic E-state index is 4.47. The maximum Gasteiger partial charge on any atom is 0.243 e. The summed E-state index contributed by atoms with van der Waals surface area (Å²) in [5.74, 6) is 0.692. The molecular formula is C13H19BrN6. The van der Waals surface area contributed by atoms with Crippen molar-refractivity contribution < 1.29 is 0 Å². The molecule has 2 aromatic heterocycles. The predicted octanol–water partition coefficient (Wildman–Crippen LogP) is 1.20. The third-order valence-corrected chi connectivity index (χ3v) is 4.08. The Morgan fingerprint density at radius 3 is 3.00 bits per heavy atom. The number of piperazine rings is 1. The monoisotopic (exact) mass is 338 g/mol. The van der Waals surface area contributed by atoms with Crippen LogP contribution in [0.2, 0.25) is 0 Å². The van der Waals surface area contributed by atoms with Gasteiger partial charge in [-0.25, -0.2) is 4.52 Å². The molecule has 0 aromatic carbocycles. The fourth-order valence-corrected chi connectivity index (χ4v) is 2.81. The fraction of sp³-hybridized carbons (Fsp3) is 0.538. The summed E-state index contributed by atoms with van der Waals surface area (Å²) in [6, 6.07) is 3.91. The summed E-state index contributed by atoms with van der Waals surface area (Å²) in [6.07, 6.45) is 3.01. The smallest absolute Gasteiger partial charge is 0.243 e. The van der Waals surface area contributed by atoms with Gasteiger partial charge in [0.1, 0.15) is 0 Å². The molecule has 6 nitrogen and oxygen atoms in total. The van der Waals surface area contributed by atoms with E-state index in [1.165, 1.54) is 0 Å². The number of hydrogen-bond acceptors (Lipinski definition) is 5. The quantitative estimate of drug-likeness (QED) is 0.802. The molecule has 0 bridgehead atoms. The number of nitrogens with zero attached hydrogens (tertiary/aromatic N) is 4. The summed E-state index contributed by atoms with van der Waals surface area (Å²) in [4.78, 5) is 6.96. The first-order valence-corrected chi connectivity index (χ1v) is 7.80. The normalized spacial score (nSPS) is 16.6. The van der Waals surface area contributed by atoms with Gasteiger partial charge in [-0.05, 0) is 41.0 Å². The van der Waals surface area contributed by atoms with Crippen molar-refractivity contribution in [2.75, 3.05) is 44.6 Å². The molecule has 0 aliphatic carbocycles. The standard InChI is InChI=1S/C13H19BrN6/c14-11-3-1-8-20-12(11)17-13(18-20)16-4-2-7-19-9-5-15-6-10-19/h1,3,8,15H,2,4-7,9-10H2,(H,16,18). The molecule has 0 spiro atoms.